The lowest BCUT2D eigenvalue weighted by atomic mass is 10.2. The van der Waals surface area contributed by atoms with Crippen molar-refractivity contribution in [1.82, 2.24) is 0 Å². The minimum atomic E-state index is 0.120. The molecule has 0 aliphatic rings. The molecule has 3 heteroatoms. The van der Waals surface area contributed by atoms with Gasteiger partial charge in [-0.15, -0.1) is 0 Å². The summed E-state index contributed by atoms with van der Waals surface area (Å²) in [5.41, 5.74) is 0.442. The number of fused-ring (bicyclic) bond motifs is 1. The van der Waals surface area contributed by atoms with Gasteiger partial charge in [-0.25, -0.2) is 0 Å². The van der Waals surface area contributed by atoms with Crippen LogP contribution in [0.25, 0.3) is 11.0 Å². The molecular weight excluding hydrogens is 164 g/mol. The second-order valence-electron chi connectivity index (χ2n) is 2.25. The van der Waals surface area contributed by atoms with Crippen LogP contribution in [0.1, 0.15) is 0 Å². The average Bonchev–Trinajstić information content (AvgIpc) is 2.31. The Balaban J connectivity index is 2.90. The molecule has 56 valence electrons. The summed E-state index contributed by atoms with van der Waals surface area (Å²) in [7, 11) is 0. The molecule has 1 aromatic carbocycles. The molecule has 0 amide bonds. The van der Waals surface area contributed by atoms with Gasteiger partial charge in [-0.3, -0.25) is 0 Å². The third-order valence-electron chi connectivity index (χ3n) is 1.49. The third kappa shape index (κ3) is 0.955. The normalized spacial score (nSPS) is 10.6. The van der Waals surface area contributed by atoms with Gasteiger partial charge < -0.3 is 9.52 Å². The maximum Gasteiger partial charge on any atom is 0.194 e. The quantitative estimate of drug-likeness (QED) is 0.656. The van der Waals surface area contributed by atoms with Crippen molar-refractivity contribution < 1.29 is 9.52 Å². The predicted octanol–water partition coefficient (Wildman–Crippen LogP) is 2.79. The monoisotopic (exact) mass is 168 g/mol. The Morgan fingerprint density at radius 2 is 2.18 bits per heavy atom. The number of hydrogen-bond acceptors (Lipinski definition) is 2. The number of phenolic OH excluding ortho intramolecular Hbond substituents is 1. The molecule has 2 rings (SSSR count). The van der Waals surface area contributed by atoms with Crippen molar-refractivity contribution in [3.8, 4) is 5.75 Å². The van der Waals surface area contributed by atoms with E-state index in [4.69, 9.17) is 16.0 Å². The number of hydrogen-bond donors (Lipinski definition) is 1. The number of phenols is 1. The summed E-state index contributed by atoms with van der Waals surface area (Å²) in [6.45, 7) is 0. The van der Waals surface area contributed by atoms with Crippen LogP contribution in [0.3, 0.4) is 0 Å². The van der Waals surface area contributed by atoms with Gasteiger partial charge in [-0.2, -0.15) is 0 Å². The summed E-state index contributed by atoms with van der Waals surface area (Å²) in [4.78, 5) is 0. The molecule has 0 saturated heterocycles. The molecule has 2 nitrogen and oxygen atoms in total. The Morgan fingerprint density at radius 3 is 2.91 bits per heavy atom. The minimum Gasteiger partial charge on any atom is -0.504 e. The van der Waals surface area contributed by atoms with E-state index in [0.717, 1.165) is 5.39 Å². The fraction of sp³-hybridized carbons (Fsp3) is 0. The standard InChI is InChI=1S/C8H5ClO2/c9-7-4-5-2-1-3-6(10)8(5)11-7/h1-4,10H. The summed E-state index contributed by atoms with van der Waals surface area (Å²) >= 11 is 5.58. The molecule has 0 unspecified atom stereocenters. The van der Waals surface area contributed by atoms with E-state index < -0.39 is 0 Å². The maximum atomic E-state index is 9.23. The van der Waals surface area contributed by atoms with E-state index in [0.29, 0.717) is 10.8 Å². The van der Waals surface area contributed by atoms with Crippen molar-refractivity contribution >= 4 is 22.6 Å². The first kappa shape index (κ1) is 6.55. The summed E-state index contributed by atoms with van der Waals surface area (Å²) in [6.07, 6.45) is 0. The molecule has 1 aromatic heterocycles. The van der Waals surface area contributed by atoms with E-state index in [1.165, 1.54) is 0 Å². The van der Waals surface area contributed by atoms with Crippen molar-refractivity contribution in [3.63, 3.8) is 0 Å². The van der Waals surface area contributed by atoms with E-state index in [-0.39, 0.29) is 5.75 Å². The van der Waals surface area contributed by atoms with Crippen molar-refractivity contribution in [2.45, 2.75) is 0 Å². The molecule has 0 saturated carbocycles. The molecule has 1 N–H and O–H groups in total. The zero-order valence-corrected chi connectivity index (χ0v) is 6.30. The first-order valence-electron chi connectivity index (χ1n) is 3.14. The van der Waals surface area contributed by atoms with Gasteiger partial charge in [0.15, 0.2) is 16.6 Å². The average molecular weight is 169 g/mol. The van der Waals surface area contributed by atoms with Crippen molar-refractivity contribution in [2.75, 3.05) is 0 Å². The molecule has 0 aliphatic heterocycles. The molecule has 0 fully saturated rings. The topological polar surface area (TPSA) is 33.4 Å². The smallest absolute Gasteiger partial charge is 0.194 e. The molecule has 2 aromatic rings. The lowest BCUT2D eigenvalue weighted by Gasteiger charge is -1.89. The lowest BCUT2D eigenvalue weighted by molar-refractivity contribution is 0.465. The van der Waals surface area contributed by atoms with E-state index in [2.05, 4.69) is 0 Å². The third-order valence-corrected chi connectivity index (χ3v) is 1.68. The summed E-state index contributed by atoms with van der Waals surface area (Å²) in [5, 5.41) is 10.3. The van der Waals surface area contributed by atoms with Gasteiger partial charge in [0.05, 0.1) is 0 Å². The fourth-order valence-corrected chi connectivity index (χ4v) is 1.21. The number of rotatable bonds is 0. The largest absolute Gasteiger partial charge is 0.504 e. The number of furan rings is 1. The van der Waals surface area contributed by atoms with Crippen LogP contribution < -0.4 is 0 Å². The maximum absolute atomic E-state index is 9.23. The van der Waals surface area contributed by atoms with Gasteiger partial charge in [0.1, 0.15) is 0 Å². The number of para-hydroxylation sites is 1. The van der Waals surface area contributed by atoms with E-state index >= 15 is 0 Å². The Labute approximate surface area is 68.0 Å². The van der Waals surface area contributed by atoms with Crippen LogP contribution in [0.15, 0.2) is 28.7 Å². The van der Waals surface area contributed by atoms with Gasteiger partial charge >= 0.3 is 0 Å². The van der Waals surface area contributed by atoms with Crippen molar-refractivity contribution in [2.24, 2.45) is 0 Å². The van der Waals surface area contributed by atoms with Gasteiger partial charge in [0.25, 0.3) is 0 Å². The second kappa shape index (κ2) is 2.17. The van der Waals surface area contributed by atoms with Crippen LogP contribution in [0.2, 0.25) is 5.22 Å². The number of benzene rings is 1. The first-order chi connectivity index (χ1) is 5.27. The predicted molar refractivity (Wildman–Crippen MR) is 42.9 cm³/mol. The molecular formula is C8H5ClO2. The zero-order valence-electron chi connectivity index (χ0n) is 5.54. The molecule has 0 bridgehead atoms. The Morgan fingerprint density at radius 1 is 1.36 bits per heavy atom. The molecule has 0 aliphatic carbocycles. The molecule has 1 heterocycles. The van der Waals surface area contributed by atoms with Crippen LogP contribution in [-0.2, 0) is 0 Å². The summed E-state index contributed by atoms with van der Waals surface area (Å²) < 4.78 is 5.01. The van der Waals surface area contributed by atoms with Crippen LogP contribution in [0.4, 0.5) is 0 Å². The Bertz CT molecular complexity index is 392. The summed E-state index contributed by atoms with van der Waals surface area (Å²) in [6, 6.07) is 6.78. The molecule has 0 radical (unpaired) electrons. The highest BCUT2D eigenvalue weighted by Gasteiger charge is 2.04. The fourth-order valence-electron chi connectivity index (χ4n) is 1.02. The molecule has 0 spiro atoms. The SMILES string of the molecule is Oc1cccc2cc(Cl)oc12. The van der Waals surface area contributed by atoms with Crippen LogP contribution >= 0.6 is 11.6 Å². The van der Waals surface area contributed by atoms with Gasteiger partial charge in [-0.1, -0.05) is 12.1 Å². The van der Waals surface area contributed by atoms with Gasteiger partial charge in [-0.05, 0) is 17.7 Å². The van der Waals surface area contributed by atoms with Crippen molar-refractivity contribution in [3.05, 3.63) is 29.5 Å². The highest BCUT2D eigenvalue weighted by Crippen LogP contribution is 2.29. The number of halogens is 1. The van der Waals surface area contributed by atoms with Crippen molar-refractivity contribution in [1.29, 1.82) is 0 Å². The Hall–Kier alpha value is -1.15. The second-order valence-corrected chi connectivity index (χ2v) is 2.62. The van der Waals surface area contributed by atoms with Crippen LogP contribution in [0.5, 0.6) is 5.75 Å². The van der Waals surface area contributed by atoms with E-state index in [1.807, 2.05) is 6.07 Å². The zero-order chi connectivity index (χ0) is 7.84. The van der Waals surface area contributed by atoms with E-state index in [9.17, 15) is 5.11 Å². The highest BCUT2D eigenvalue weighted by atomic mass is 35.5. The Kier molecular flexibility index (Phi) is 1.29. The molecule has 11 heavy (non-hydrogen) atoms. The number of aromatic hydroxyl groups is 1. The highest BCUT2D eigenvalue weighted by molar-refractivity contribution is 6.29. The van der Waals surface area contributed by atoms with E-state index in [1.54, 1.807) is 18.2 Å². The van der Waals surface area contributed by atoms with Crippen LogP contribution in [0, 0.1) is 0 Å². The summed E-state index contributed by atoms with van der Waals surface area (Å²) in [5.74, 6) is 0.120. The van der Waals surface area contributed by atoms with Gasteiger partial charge in [0, 0.05) is 11.5 Å². The minimum absolute atomic E-state index is 0.120. The lowest BCUT2D eigenvalue weighted by Crippen LogP contribution is -1.63. The van der Waals surface area contributed by atoms with Crippen LogP contribution in [-0.4, -0.2) is 5.11 Å². The van der Waals surface area contributed by atoms with Gasteiger partial charge in [0.2, 0.25) is 0 Å². The first-order valence-corrected chi connectivity index (χ1v) is 3.52. The molecule has 0 atom stereocenters.